The molecule has 3 rings (SSSR count). The number of esters is 2. The van der Waals surface area contributed by atoms with E-state index in [1.807, 2.05) is 30.3 Å². The zero-order valence-corrected chi connectivity index (χ0v) is 16.9. The Morgan fingerprint density at radius 2 is 1.63 bits per heavy atom. The predicted molar refractivity (Wildman–Crippen MR) is 109 cm³/mol. The highest BCUT2D eigenvalue weighted by Crippen LogP contribution is 2.35. The van der Waals surface area contributed by atoms with Gasteiger partial charge in [0.2, 0.25) is 5.88 Å². The largest absolute Gasteiger partial charge is 0.493 e. The van der Waals surface area contributed by atoms with Crippen LogP contribution < -0.4 is 0 Å². The normalized spacial score (nSPS) is 10.8. The Bertz CT molecular complexity index is 1040. The molecule has 8 heteroatoms. The molecule has 0 aliphatic carbocycles. The van der Waals surface area contributed by atoms with Crippen LogP contribution in [0.1, 0.15) is 45.8 Å². The number of rotatable bonds is 8. The Labute approximate surface area is 173 Å². The molecule has 0 fully saturated rings. The summed E-state index contributed by atoms with van der Waals surface area (Å²) in [5, 5.41) is 20.5. The van der Waals surface area contributed by atoms with Gasteiger partial charge < -0.3 is 24.3 Å². The molecule has 3 aromatic rings. The highest BCUT2D eigenvalue weighted by molar-refractivity contribution is 6.06. The molecule has 0 aliphatic rings. The second kappa shape index (κ2) is 9.32. The quantitative estimate of drug-likeness (QED) is 0.552. The molecule has 1 aromatic carbocycles. The van der Waals surface area contributed by atoms with Crippen LogP contribution in [0.2, 0.25) is 0 Å². The van der Waals surface area contributed by atoms with E-state index in [1.54, 1.807) is 32.3 Å². The van der Waals surface area contributed by atoms with E-state index >= 15 is 0 Å². The first-order valence-corrected chi connectivity index (χ1v) is 9.63. The molecular formula is C22H24N2O6. The molecule has 2 heterocycles. The van der Waals surface area contributed by atoms with Crippen LogP contribution in [0.25, 0.3) is 5.69 Å². The van der Waals surface area contributed by atoms with Crippen LogP contribution in [0.3, 0.4) is 0 Å². The summed E-state index contributed by atoms with van der Waals surface area (Å²) in [5.41, 5.74) is 1.30. The fraction of sp³-hybridized carbons (Fsp3) is 0.273. The van der Waals surface area contributed by atoms with Gasteiger partial charge in [0.05, 0.1) is 26.4 Å². The van der Waals surface area contributed by atoms with Crippen LogP contribution in [0, 0.1) is 0 Å². The second-order valence-corrected chi connectivity index (χ2v) is 6.49. The monoisotopic (exact) mass is 412 g/mol. The fourth-order valence-corrected chi connectivity index (χ4v) is 3.24. The Kier molecular flexibility index (Phi) is 6.58. The highest BCUT2D eigenvalue weighted by Gasteiger charge is 2.34. The van der Waals surface area contributed by atoms with E-state index in [9.17, 15) is 19.8 Å². The number of nitrogens with zero attached hydrogens (tertiary/aromatic N) is 2. The number of benzene rings is 1. The van der Waals surface area contributed by atoms with E-state index in [0.717, 1.165) is 5.56 Å². The Morgan fingerprint density at radius 3 is 2.23 bits per heavy atom. The van der Waals surface area contributed by atoms with E-state index in [0.29, 0.717) is 5.56 Å². The number of aliphatic hydroxyl groups excluding tert-OH is 1. The van der Waals surface area contributed by atoms with Gasteiger partial charge in [-0.15, -0.1) is 0 Å². The van der Waals surface area contributed by atoms with Crippen molar-refractivity contribution in [3.63, 3.8) is 0 Å². The minimum Gasteiger partial charge on any atom is -0.493 e. The van der Waals surface area contributed by atoms with Crippen molar-refractivity contribution in [3.8, 4) is 11.6 Å². The lowest BCUT2D eigenvalue weighted by atomic mass is 10.2. The minimum atomic E-state index is -0.753. The van der Waals surface area contributed by atoms with E-state index in [1.165, 1.54) is 9.13 Å². The maximum atomic E-state index is 12.8. The van der Waals surface area contributed by atoms with Gasteiger partial charge in [-0.25, -0.2) is 9.59 Å². The van der Waals surface area contributed by atoms with Crippen molar-refractivity contribution in [1.29, 1.82) is 0 Å². The maximum Gasteiger partial charge on any atom is 0.356 e. The summed E-state index contributed by atoms with van der Waals surface area (Å²) in [6.07, 6.45) is 3.16. The topological polar surface area (TPSA) is 103 Å². The zero-order valence-electron chi connectivity index (χ0n) is 16.9. The van der Waals surface area contributed by atoms with Crippen LogP contribution >= 0.6 is 0 Å². The number of aliphatic hydroxyl groups is 1. The molecule has 2 aromatic heterocycles. The molecular weight excluding hydrogens is 388 g/mol. The van der Waals surface area contributed by atoms with Gasteiger partial charge in [-0.1, -0.05) is 30.3 Å². The Hall–Kier alpha value is -3.52. The molecule has 158 valence electrons. The number of carbonyl (C=O) groups is 2. The lowest BCUT2D eigenvalue weighted by Gasteiger charge is -2.11. The third-order valence-corrected chi connectivity index (χ3v) is 4.54. The summed E-state index contributed by atoms with van der Waals surface area (Å²) >= 11 is 0. The summed E-state index contributed by atoms with van der Waals surface area (Å²) in [6, 6.07) is 10.9. The van der Waals surface area contributed by atoms with Crippen molar-refractivity contribution < 1.29 is 29.3 Å². The van der Waals surface area contributed by atoms with Gasteiger partial charge in [-0.3, -0.25) is 4.57 Å². The van der Waals surface area contributed by atoms with Crippen LogP contribution in [-0.4, -0.2) is 44.5 Å². The van der Waals surface area contributed by atoms with Gasteiger partial charge >= 0.3 is 11.9 Å². The van der Waals surface area contributed by atoms with Gasteiger partial charge in [-0.2, -0.15) is 0 Å². The lowest BCUT2D eigenvalue weighted by molar-refractivity contribution is 0.0470. The SMILES string of the molecule is CCOC(=O)c1c(-n2ccc(CO)c2)c(O)n(Cc2ccccc2)c1C(=O)OCC. The Balaban J connectivity index is 2.27. The number of ether oxygens (including phenoxy) is 2. The Morgan fingerprint density at radius 1 is 0.967 bits per heavy atom. The standard InChI is InChI=1S/C22H24N2O6/c1-3-29-21(27)17-18(23-11-10-16(12-23)14-25)20(26)24(19(17)22(28)30-4-2)13-15-8-6-5-7-9-15/h5-12,25-26H,3-4,13-14H2,1-2H3. The van der Waals surface area contributed by atoms with E-state index < -0.39 is 11.9 Å². The second-order valence-electron chi connectivity index (χ2n) is 6.49. The minimum absolute atomic E-state index is 0.0899. The molecule has 0 unspecified atom stereocenters. The average molecular weight is 412 g/mol. The molecule has 0 saturated carbocycles. The first-order valence-electron chi connectivity index (χ1n) is 9.63. The van der Waals surface area contributed by atoms with Gasteiger partial charge in [-0.05, 0) is 31.0 Å². The number of aromatic hydroxyl groups is 1. The average Bonchev–Trinajstić information content (AvgIpc) is 3.32. The third-order valence-electron chi connectivity index (χ3n) is 4.54. The summed E-state index contributed by atoms with van der Waals surface area (Å²) in [6.45, 7) is 3.44. The number of hydrogen-bond donors (Lipinski definition) is 2. The molecule has 2 N–H and O–H groups in total. The number of aromatic nitrogens is 2. The number of hydrogen-bond acceptors (Lipinski definition) is 6. The van der Waals surface area contributed by atoms with Crippen LogP contribution in [0.15, 0.2) is 48.8 Å². The van der Waals surface area contributed by atoms with Crippen molar-refractivity contribution in [1.82, 2.24) is 9.13 Å². The van der Waals surface area contributed by atoms with Crippen LogP contribution in [0.4, 0.5) is 0 Å². The molecule has 0 spiro atoms. The summed E-state index contributed by atoms with van der Waals surface area (Å²) in [7, 11) is 0. The maximum absolute atomic E-state index is 12.8. The van der Waals surface area contributed by atoms with E-state index in [-0.39, 0.29) is 49.2 Å². The fourth-order valence-electron chi connectivity index (χ4n) is 3.24. The molecule has 30 heavy (non-hydrogen) atoms. The summed E-state index contributed by atoms with van der Waals surface area (Å²) in [4.78, 5) is 25.7. The van der Waals surface area contributed by atoms with Gasteiger partial charge in [0, 0.05) is 12.4 Å². The van der Waals surface area contributed by atoms with Crippen LogP contribution in [-0.2, 0) is 22.6 Å². The van der Waals surface area contributed by atoms with Crippen molar-refractivity contribution >= 4 is 11.9 Å². The van der Waals surface area contributed by atoms with Crippen molar-refractivity contribution in [3.05, 3.63) is 71.2 Å². The predicted octanol–water partition coefficient (Wildman–Crippen LogP) is 2.88. The van der Waals surface area contributed by atoms with E-state index in [4.69, 9.17) is 9.47 Å². The smallest absolute Gasteiger partial charge is 0.356 e. The molecule has 0 aliphatic heterocycles. The summed E-state index contributed by atoms with van der Waals surface area (Å²) in [5.74, 6) is -1.78. The molecule has 0 amide bonds. The molecule has 0 bridgehead atoms. The first-order chi connectivity index (χ1) is 14.5. The van der Waals surface area contributed by atoms with Gasteiger partial charge in [0.1, 0.15) is 16.9 Å². The molecule has 0 atom stereocenters. The lowest BCUT2D eigenvalue weighted by Crippen LogP contribution is -2.18. The van der Waals surface area contributed by atoms with Crippen molar-refractivity contribution in [2.45, 2.75) is 27.0 Å². The third kappa shape index (κ3) is 4.08. The van der Waals surface area contributed by atoms with Crippen molar-refractivity contribution in [2.75, 3.05) is 13.2 Å². The molecule has 8 nitrogen and oxygen atoms in total. The van der Waals surface area contributed by atoms with Crippen molar-refractivity contribution in [2.24, 2.45) is 0 Å². The number of carbonyl (C=O) groups excluding carboxylic acids is 2. The summed E-state index contributed by atoms with van der Waals surface area (Å²) < 4.78 is 13.2. The van der Waals surface area contributed by atoms with Gasteiger partial charge in [0.15, 0.2) is 0 Å². The zero-order chi connectivity index (χ0) is 21.7. The van der Waals surface area contributed by atoms with E-state index in [2.05, 4.69) is 0 Å². The molecule has 0 saturated heterocycles. The van der Waals surface area contributed by atoms with Crippen LogP contribution in [0.5, 0.6) is 5.88 Å². The molecule has 0 radical (unpaired) electrons. The first kappa shape index (κ1) is 21.2. The van der Waals surface area contributed by atoms with Gasteiger partial charge in [0.25, 0.3) is 0 Å². The highest BCUT2D eigenvalue weighted by atomic mass is 16.5.